The molecule has 0 amide bonds. The normalized spacial score (nSPS) is 21.3. The molecule has 1 unspecified atom stereocenters. The molecule has 1 aromatic heterocycles. The number of hydrogen-bond donors (Lipinski definition) is 0. The highest BCUT2D eigenvalue weighted by Gasteiger charge is 2.18. The fraction of sp³-hybridized carbons (Fsp3) is 0.667. The van der Waals surface area contributed by atoms with E-state index in [0.717, 1.165) is 12.7 Å². The van der Waals surface area contributed by atoms with Crippen LogP contribution in [0.2, 0.25) is 0 Å². The molecule has 0 aromatic carbocycles. The first kappa shape index (κ1) is 9.71. The van der Waals surface area contributed by atoms with Crippen LogP contribution in [0.3, 0.4) is 0 Å². The van der Waals surface area contributed by atoms with Crippen LogP contribution in [0.15, 0.2) is 4.52 Å². The van der Waals surface area contributed by atoms with Crippen molar-refractivity contribution in [3.63, 3.8) is 0 Å². The van der Waals surface area contributed by atoms with Crippen LogP contribution < -0.4 is 0 Å². The summed E-state index contributed by atoms with van der Waals surface area (Å²) < 4.78 is 5.05. The molecule has 1 saturated heterocycles. The van der Waals surface area contributed by atoms with E-state index in [0.29, 0.717) is 17.6 Å². The van der Waals surface area contributed by atoms with Gasteiger partial charge in [-0.25, -0.2) is 0 Å². The Morgan fingerprint density at radius 2 is 2.57 bits per heavy atom. The number of aromatic nitrogens is 2. The van der Waals surface area contributed by atoms with E-state index in [1.54, 1.807) is 0 Å². The fourth-order valence-electron chi connectivity index (χ4n) is 1.52. The summed E-state index contributed by atoms with van der Waals surface area (Å²) in [6, 6.07) is 0. The summed E-state index contributed by atoms with van der Waals surface area (Å²) in [5.41, 5.74) is 0. The van der Waals surface area contributed by atoms with Gasteiger partial charge in [-0.2, -0.15) is 16.7 Å². The Morgan fingerprint density at radius 3 is 3.29 bits per heavy atom. The number of carbonyl (C=O) groups is 1. The first-order valence-electron chi connectivity index (χ1n) is 4.71. The van der Waals surface area contributed by atoms with Crippen LogP contribution >= 0.6 is 11.8 Å². The number of hydrogen-bond acceptors (Lipinski definition) is 5. The molecule has 76 valence electrons. The number of rotatable bonds is 4. The van der Waals surface area contributed by atoms with Gasteiger partial charge in [-0.1, -0.05) is 5.16 Å². The van der Waals surface area contributed by atoms with Gasteiger partial charge in [-0.15, -0.1) is 0 Å². The summed E-state index contributed by atoms with van der Waals surface area (Å²) in [5, 5.41) is 3.72. The maximum absolute atomic E-state index is 10.2. The highest BCUT2D eigenvalue weighted by Crippen LogP contribution is 2.25. The van der Waals surface area contributed by atoms with Crippen LogP contribution in [0, 0.1) is 5.92 Å². The molecule has 5 heteroatoms. The van der Waals surface area contributed by atoms with Crippen LogP contribution in [0.25, 0.3) is 0 Å². The van der Waals surface area contributed by atoms with Gasteiger partial charge in [-0.05, 0) is 23.8 Å². The topological polar surface area (TPSA) is 56.0 Å². The quantitative estimate of drug-likeness (QED) is 0.700. The molecule has 0 saturated carbocycles. The molecule has 14 heavy (non-hydrogen) atoms. The molecule has 0 N–H and O–H groups in total. The van der Waals surface area contributed by atoms with E-state index in [2.05, 4.69) is 10.1 Å². The van der Waals surface area contributed by atoms with Crippen LogP contribution in [0.4, 0.5) is 0 Å². The van der Waals surface area contributed by atoms with Gasteiger partial charge < -0.3 is 9.32 Å². The average molecular weight is 212 g/mol. The molecule has 0 aliphatic carbocycles. The Kier molecular flexibility index (Phi) is 3.18. The van der Waals surface area contributed by atoms with Crippen LogP contribution in [-0.4, -0.2) is 27.9 Å². The minimum absolute atomic E-state index is 0.253. The van der Waals surface area contributed by atoms with Gasteiger partial charge in [0.1, 0.15) is 6.29 Å². The van der Waals surface area contributed by atoms with Gasteiger partial charge in [0, 0.05) is 6.42 Å². The monoisotopic (exact) mass is 212 g/mol. The summed E-state index contributed by atoms with van der Waals surface area (Å²) in [6.45, 7) is 0. The van der Waals surface area contributed by atoms with E-state index in [-0.39, 0.29) is 6.42 Å². The smallest absolute Gasteiger partial charge is 0.226 e. The molecular weight excluding hydrogens is 200 g/mol. The maximum atomic E-state index is 10.2. The van der Waals surface area contributed by atoms with E-state index in [4.69, 9.17) is 4.52 Å². The Hall–Kier alpha value is -0.840. The molecule has 1 aliphatic heterocycles. The lowest BCUT2D eigenvalue weighted by molar-refractivity contribution is -0.107. The molecule has 1 aliphatic rings. The molecule has 1 fully saturated rings. The molecule has 2 heterocycles. The maximum Gasteiger partial charge on any atom is 0.226 e. The summed E-state index contributed by atoms with van der Waals surface area (Å²) in [4.78, 5) is 14.3. The summed E-state index contributed by atoms with van der Waals surface area (Å²) in [7, 11) is 0. The van der Waals surface area contributed by atoms with Crippen molar-refractivity contribution in [1.82, 2.24) is 10.1 Å². The number of nitrogens with zero attached hydrogens (tertiary/aromatic N) is 2. The SMILES string of the molecule is O=CCc1noc(CC2CCSC2)n1. The molecule has 0 spiro atoms. The Balaban J connectivity index is 1.91. The van der Waals surface area contributed by atoms with Crippen molar-refractivity contribution in [2.24, 2.45) is 5.92 Å². The standard InChI is InChI=1S/C9H12N2O2S/c12-3-1-8-10-9(13-11-8)5-7-2-4-14-6-7/h3,7H,1-2,4-6H2. The zero-order chi connectivity index (χ0) is 9.80. The third-order valence-corrected chi connectivity index (χ3v) is 3.49. The van der Waals surface area contributed by atoms with Crippen molar-refractivity contribution in [2.45, 2.75) is 19.3 Å². The van der Waals surface area contributed by atoms with E-state index in [1.807, 2.05) is 11.8 Å². The van der Waals surface area contributed by atoms with Crippen molar-refractivity contribution in [2.75, 3.05) is 11.5 Å². The lowest BCUT2D eigenvalue weighted by atomic mass is 10.1. The predicted molar refractivity (Wildman–Crippen MR) is 53.2 cm³/mol. The Morgan fingerprint density at radius 1 is 1.64 bits per heavy atom. The van der Waals surface area contributed by atoms with Crippen molar-refractivity contribution in [1.29, 1.82) is 0 Å². The minimum atomic E-state index is 0.253. The first-order chi connectivity index (χ1) is 6.88. The van der Waals surface area contributed by atoms with E-state index < -0.39 is 0 Å². The zero-order valence-electron chi connectivity index (χ0n) is 7.81. The largest absolute Gasteiger partial charge is 0.339 e. The highest BCUT2D eigenvalue weighted by molar-refractivity contribution is 7.99. The van der Waals surface area contributed by atoms with Crippen molar-refractivity contribution in [3.8, 4) is 0 Å². The molecule has 0 bridgehead atoms. The van der Waals surface area contributed by atoms with E-state index >= 15 is 0 Å². The lowest BCUT2D eigenvalue weighted by Crippen LogP contribution is -2.02. The van der Waals surface area contributed by atoms with Gasteiger partial charge in [0.25, 0.3) is 0 Å². The third kappa shape index (κ3) is 2.35. The predicted octanol–water partition coefficient (Wildman–Crippen LogP) is 1.11. The molecule has 0 radical (unpaired) electrons. The molecular formula is C9H12N2O2S. The van der Waals surface area contributed by atoms with Gasteiger partial charge in [0.05, 0.1) is 6.42 Å². The highest BCUT2D eigenvalue weighted by atomic mass is 32.2. The fourth-order valence-corrected chi connectivity index (χ4v) is 2.81. The van der Waals surface area contributed by atoms with E-state index in [9.17, 15) is 4.79 Å². The van der Waals surface area contributed by atoms with Gasteiger partial charge in [0.2, 0.25) is 5.89 Å². The van der Waals surface area contributed by atoms with Gasteiger partial charge >= 0.3 is 0 Å². The van der Waals surface area contributed by atoms with Crippen LogP contribution in [-0.2, 0) is 17.6 Å². The summed E-state index contributed by atoms with van der Waals surface area (Å²) in [6.07, 6.45) is 3.14. The lowest BCUT2D eigenvalue weighted by Gasteiger charge is -2.01. The Bertz CT molecular complexity index is 308. The second-order valence-electron chi connectivity index (χ2n) is 3.41. The van der Waals surface area contributed by atoms with E-state index in [1.165, 1.54) is 17.9 Å². The number of thioether (sulfide) groups is 1. The Labute approximate surface area is 86.4 Å². The number of aldehydes is 1. The first-order valence-corrected chi connectivity index (χ1v) is 5.87. The zero-order valence-corrected chi connectivity index (χ0v) is 8.63. The minimum Gasteiger partial charge on any atom is -0.339 e. The average Bonchev–Trinajstić information content (AvgIpc) is 2.79. The molecule has 1 atom stereocenters. The molecule has 4 nitrogen and oxygen atoms in total. The third-order valence-electron chi connectivity index (χ3n) is 2.26. The number of carbonyl (C=O) groups excluding carboxylic acids is 1. The molecule has 2 rings (SSSR count). The summed E-state index contributed by atoms with van der Waals surface area (Å²) >= 11 is 1.97. The van der Waals surface area contributed by atoms with Crippen molar-refractivity contribution < 1.29 is 9.32 Å². The second kappa shape index (κ2) is 4.59. The summed E-state index contributed by atoms with van der Waals surface area (Å²) in [5.74, 6) is 4.27. The van der Waals surface area contributed by atoms with Crippen molar-refractivity contribution in [3.05, 3.63) is 11.7 Å². The second-order valence-corrected chi connectivity index (χ2v) is 4.56. The van der Waals surface area contributed by atoms with Crippen LogP contribution in [0.1, 0.15) is 18.1 Å². The van der Waals surface area contributed by atoms with Gasteiger partial charge in [0.15, 0.2) is 5.82 Å². The van der Waals surface area contributed by atoms with Crippen molar-refractivity contribution >= 4 is 18.0 Å². The molecule has 1 aromatic rings. The van der Waals surface area contributed by atoms with Gasteiger partial charge in [-0.3, -0.25) is 0 Å². The van der Waals surface area contributed by atoms with Crippen LogP contribution in [0.5, 0.6) is 0 Å².